The van der Waals surface area contributed by atoms with Crippen LogP contribution in [-0.4, -0.2) is 36.0 Å². The van der Waals surface area contributed by atoms with Crippen LogP contribution in [0.1, 0.15) is 38.2 Å². The van der Waals surface area contributed by atoms with Crippen LogP contribution in [0, 0.1) is 5.92 Å². The van der Waals surface area contributed by atoms with Crippen molar-refractivity contribution < 1.29 is 13.2 Å². The minimum atomic E-state index is -3.05. The van der Waals surface area contributed by atoms with Crippen molar-refractivity contribution in [2.75, 3.05) is 6.26 Å². The fourth-order valence-electron chi connectivity index (χ4n) is 3.80. The van der Waals surface area contributed by atoms with Crippen LogP contribution in [0.4, 0.5) is 0 Å². The van der Waals surface area contributed by atoms with Crippen LogP contribution in [-0.2, 0) is 15.4 Å². The van der Waals surface area contributed by atoms with E-state index in [2.05, 4.69) is 20.0 Å². The zero-order valence-electron chi connectivity index (χ0n) is 15.5. The topological polar surface area (TPSA) is 118 Å². The Morgan fingerprint density at radius 3 is 2.61 bits per heavy atom. The molecule has 0 N–H and O–H groups in total. The van der Waals surface area contributed by atoms with Gasteiger partial charge in [0.15, 0.2) is 9.84 Å². The molecule has 1 atom stereocenters. The molecule has 8 nitrogen and oxygen atoms in total. The van der Waals surface area contributed by atoms with Crippen LogP contribution in [0.5, 0.6) is 5.88 Å². The van der Waals surface area contributed by atoms with Gasteiger partial charge in [0.2, 0.25) is 5.88 Å². The van der Waals surface area contributed by atoms with E-state index < -0.39 is 15.4 Å². The van der Waals surface area contributed by atoms with Crippen LogP contribution >= 0.6 is 11.6 Å². The average molecular weight is 422 g/mol. The highest BCUT2D eigenvalue weighted by Gasteiger charge is 2.44. The predicted molar refractivity (Wildman–Crippen MR) is 106 cm³/mol. The maximum atomic E-state index is 11.6. The SMILES string of the molecule is CC(N=[N+]=[N-])(c1cnc(O[C@H]2C[C@@H](S(C)(=O)=O)C2)c2cnc(Cl)cc12)C1CC1. The van der Waals surface area contributed by atoms with Gasteiger partial charge in [0.25, 0.3) is 0 Å². The van der Waals surface area contributed by atoms with Crippen LogP contribution in [0.15, 0.2) is 23.6 Å². The Bertz CT molecular complexity index is 1090. The molecule has 0 spiro atoms. The molecule has 1 unspecified atom stereocenters. The summed E-state index contributed by atoms with van der Waals surface area (Å²) in [5.74, 6) is 0.646. The average Bonchev–Trinajstić information content (AvgIpc) is 3.41. The van der Waals surface area contributed by atoms with Crippen molar-refractivity contribution in [3.63, 3.8) is 0 Å². The lowest BCUT2D eigenvalue weighted by Gasteiger charge is -2.34. The monoisotopic (exact) mass is 421 g/mol. The van der Waals surface area contributed by atoms with E-state index in [-0.39, 0.29) is 17.3 Å². The summed E-state index contributed by atoms with van der Waals surface area (Å²) >= 11 is 6.14. The maximum absolute atomic E-state index is 11.6. The molecular formula is C18H20ClN5O3S. The Kier molecular flexibility index (Phi) is 4.64. The molecule has 148 valence electrons. The fourth-order valence-corrected chi connectivity index (χ4v) is 5.08. The lowest BCUT2D eigenvalue weighted by molar-refractivity contribution is 0.119. The molecule has 10 heteroatoms. The summed E-state index contributed by atoms with van der Waals surface area (Å²) in [5.41, 5.74) is 9.17. The number of halogens is 1. The number of fused-ring (bicyclic) bond motifs is 1. The maximum Gasteiger partial charge on any atom is 0.223 e. The molecule has 2 aromatic rings. The molecule has 2 saturated carbocycles. The zero-order chi connectivity index (χ0) is 20.1. The van der Waals surface area contributed by atoms with Crippen LogP contribution in [0.2, 0.25) is 5.15 Å². The Morgan fingerprint density at radius 1 is 1.29 bits per heavy atom. The summed E-state index contributed by atoms with van der Waals surface area (Å²) in [7, 11) is -3.05. The number of azide groups is 1. The van der Waals surface area contributed by atoms with Gasteiger partial charge in [-0.2, -0.15) is 0 Å². The van der Waals surface area contributed by atoms with Crippen molar-refractivity contribution in [1.82, 2.24) is 9.97 Å². The minimum absolute atomic E-state index is 0.205. The second kappa shape index (κ2) is 6.76. The first-order valence-corrected chi connectivity index (χ1v) is 11.4. The molecule has 4 rings (SSSR count). The molecule has 0 bridgehead atoms. The Labute approximate surface area is 167 Å². The largest absolute Gasteiger partial charge is 0.474 e. The van der Waals surface area contributed by atoms with Crippen LogP contribution in [0.25, 0.3) is 21.2 Å². The van der Waals surface area contributed by atoms with Gasteiger partial charge >= 0.3 is 0 Å². The molecule has 0 aliphatic heterocycles. The Balaban J connectivity index is 1.72. The zero-order valence-corrected chi connectivity index (χ0v) is 17.1. The highest BCUT2D eigenvalue weighted by Crippen LogP contribution is 2.50. The number of nitrogens with zero attached hydrogens (tertiary/aromatic N) is 5. The van der Waals surface area contributed by atoms with Crippen LogP contribution < -0.4 is 4.74 Å². The second-order valence-electron chi connectivity index (χ2n) is 7.80. The van der Waals surface area contributed by atoms with Gasteiger partial charge in [-0.25, -0.2) is 18.4 Å². The fraction of sp³-hybridized carbons (Fsp3) is 0.556. The lowest BCUT2D eigenvalue weighted by Crippen LogP contribution is -2.42. The molecule has 0 saturated heterocycles. The standard InChI is InChI=1S/C18H20ClN5O3S/c1-18(23-24-20,10-3-4-10)15-9-22-17(14-8-21-16(19)7-13(14)15)27-11-5-12(6-11)28(2,25)26/h7-12H,3-6H2,1-2H3/t11-,12+,18?. The lowest BCUT2D eigenvalue weighted by atomic mass is 9.86. The van der Waals surface area contributed by atoms with Gasteiger partial charge in [-0.3, -0.25) is 0 Å². The van der Waals surface area contributed by atoms with E-state index in [1.807, 2.05) is 6.92 Å². The number of aromatic nitrogens is 2. The third-order valence-corrected chi connectivity index (χ3v) is 7.61. The van der Waals surface area contributed by atoms with Crippen LogP contribution in [0.3, 0.4) is 0 Å². The first kappa shape index (κ1) is 19.2. The molecule has 28 heavy (non-hydrogen) atoms. The number of sulfone groups is 1. The second-order valence-corrected chi connectivity index (χ2v) is 10.5. The van der Waals surface area contributed by atoms with Gasteiger partial charge in [0.05, 0.1) is 16.2 Å². The van der Waals surface area contributed by atoms with Gasteiger partial charge in [0, 0.05) is 36.4 Å². The summed E-state index contributed by atoms with van der Waals surface area (Å²) in [6.45, 7) is 1.92. The summed E-state index contributed by atoms with van der Waals surface area (Å²) in [4.78, 5) is 11.7. The number of pyridine rings is 2. The number of ether oxygens (including phenoxy) is 1. The molecule has 0 aromatic carbocycles. The molecule has 2 aromatic heterocycles. The van der Waals surface area contributed by atoms with Gasteiger partial charge in [-0.05, 0) is 48.2 Å². The van der Waals surface area contributed by atoms with E-state index in [0.29, 0.717) is 29.3 Å². The molecule has 2 aliphatic rings. The molecule has 2 heterocycles. The van der Waals surface area contributed by atoms with Gasteiger partial charge in [0.1, 0.15) is 11.3 Å². The summed E-state index contributed by atoms with van der Waals surface area (Å²) in [6, 6.07) is 1.73. The van der Waals surface area contributed by atoms with Crippen molar-refractivity contribution in [1.29, 1.82) is 0 Å². The predicted octanol–water partition coefficient (Wildman–Crippen LogP) is 4.17. The number of hydrogen-bond donors (Lipinski definition) is 0. The quantitative estimate of drug-likeness (QED) is 0.300. The normalized spacial score (nSPS) is 24.1. The summed E-state index contributed by atoms with van der Waals surface area (Å²) in [5, 5.41) is 5.51. The van der Waals surface area contributed by atoms with Gasteiger partial charge in [-0.1, -0.05) is 16.7 Å². The number of hydrogen-bond acceptors (Lipinski definition) is 6. The van der Waals surface area contributed by atoms with E-state index in [9.17, 15) is 8.42 Å². The van der Waals surface area contributed by atoms with Crippen molar-refractivity contribution in [3.05, 3.63) is 39.6 Å². The smallest absolute Gasteiger partial charge is 0.223 e. The van der Waals surface area contributed by atoms with E-state index in [1.54, 1.807) is 18.5 Å². The van der Waals surface area contributed by atoms with Crippen molar-refractivity contribution in [2.45, 2.75) is 49.5 Å². The van der Waals surface area contributed by atoms with Crippen molar-refractivity contribution in [3.8, 4) is 5.88 Å². The molecular weight excluding hydrogens is 402 g/mol. The van der Waals surface area contributed by atoms with E-state index >= 15 is 0 Å². The van der Waals surface area contributed by atoms with E-state index in [0.717, 1.165) is 23.8 Å². The molecule has 0 amide bonds. The minimum Gasteiger partial charge on any atom is -0.474 e. The van der Waals surface area contributed by atoms with Crippen molar-refractivity contribution >= 4 is 32.2 Å². The van der Waals surface area contributed by atoms with Gasteiger partial charge in [-0.15, -0.1) is 0 Å². The first-order valence-electron chi connectivity index (χ1n) is 9.09. The Morgan fingerprint density at radius 2 is 2.00 bits per heavy atom. The number of rotatable bonds is 6. The van der Waals surface area contributed by atoms with E-state index in [1.165, 1.54) is 6.26 Å². The van der Waals surface area contributed by atoms with Crippen molar-refractivity contribution in [2.24, 2.45) is 11.0 Å². The highest BCUT2D eigenvalue weighted by atomic mass is 35.5. The van der Waals surface area contributed by atoms with E-state index in [4.69, 9.17) is 21.9 Å². The summed E-state index contributed by atoms with van der Waals surface area (Å²) in [6.07, 6.45) is 7.19. The van der Waals surface area contributed by atoms with Gasteiger partial charge < -0.3 is 4.74 Å². The Hall–Kier alpha value is -2.09. The molecule has 0 radical (unpaired) electrons. The third kappa shape index (κ3) is 3.38. The third-order valence-electron chi connectivity index (χ3n) is 5.81. The first-order chi connectivity index (χ1) is 13.2. The molecule has 2 fully saturated rings. The highest BCUT2D eigenvalue weighted by molar-refractivity contribution is 7.91. The molecule has 2 aliphatic carbocycles. The summed E-state index contributed by atoms with van der Waals surface area (Å²) < 4.78 is 29.2.